The predicted molar refractivity (Wildman–Crippen MR) is 241 cm³/mol. The van der Waals surface area contributed by atoms with Crippen molar-refractivity contribution < 1.29 is 14.3 Å². The number of carbonyl (C=O) groups excluding carboxylic acids is 2. The van der Waals surface area contributed by atoms with E-state index in [4.69, 9.17) is 4.74 Å². The summed E-state index contributed by atoms with van der Waals surface area (Å²) in [7, 11) is 0. The number of fused-ring (bicyclic) bond motifs is 11. The molecule has 0 saturated carbocycles. The van der Waals surface area contributed by atoms with Crippen LogP contribution in [0.5, 0.6) is 11.5 Å². The fourth-order valence-electron chi connectivity index (χ4n) is 11.2. The Morgan fingerprint density at radius 3 is 1.70 bits per heavy atom. The van der Waals surface area contributed by atoms with Crippen molar-refractivity contribution in [1.82, 2.24) is 0 Å². The molecule has 0 unspecified atom stereocenters. The Kier molecular flexibility index (Phi) is 7.41. The molecule has 61 heavy (non-hydrogen) atoms. The number of ether oxygens (including phenoxy) is 1. The molecule has 0 radical (unpaired) electrons. The van der Waals surface area contributed by atoms with Crippen molar-refractivity contribution in [1.29, 1.82) is 0 Å². The second kappa shape index (κ2) is 12.8. The molecule has 8 aromatic carbocycles. The van der Waals surface area contributed by atoms with E-state index in [0.717, 1.165) is 51.5 Å². The molecule has 1 spiro atoms. The van der Waals surface area contributed by atoms with Gasteiger partial charge in [-0.05, 0) is 131 Å². The standard InChI is InChI=1S/C56H40N2O3/c1-34-27-30-46-50(31-34)58(49-24-10-7-19-45(49)55(46)43-22-13-15-35(2)40(43)33-41-36(3)16-14-23-44(41)55)56(47-20-8-11-25-51(47)61-52-26-12-9-21-48(52)56)37-28-29-39-42(32-37)54(60)57(53(39)59)38-17-5-4-6-18-38/h4-32H,33H2,1-3H3. The highest BCUT2D eigenvalue weighted by Crippen LogP contribution is 2.65. The zero-order chi connectivity index (χ0) is 41.2. The first-order valence-electron chi connectivity index (χ1n) is 21.0. The monoisotopic (exact) mass is 788 g/mol. The Labute approximate surface area is 355 Å². The van der Waals surface area contributed by atoms with Crippen LogP contribution in [0.15, 0.2) is 176 Å². The van der Waals surface area contributed by atoms with Crippen LogP contribution in [0.25, 0.3) is 0 Å². The second-order valence-electron chi connectivity index (χ2n) is 16.8. The minimum absolute atomic E-state index is 0.328. The number of hydrogen-bond acceptors (Lipinski definition) is 4. The van der Waals surface area contributed by atoms with Crippen molar-refractivity contribution >= 4 is 28.9 Å². The molecular weight excluding hydrogens is 749 g/mol. The van der Waals surface area contributed by atoms with E-state index in [1.807, 2.05) is 54.6 Å². The summed E-state index contributed by atoms with van der Waals surface area (Å²) in [6, 6.07) is 61.1. The van der Waals surface area contributed by atoms with Crippen LogP contribution in [0, 0.1) is 20.8 Å². The number of nitrogens with zero attached hydrogens (tertiary/aromatic N) is 2. The zero-order valence-electron chi connectivity index (χ0n) is 34.1. The third-order valence-electron chi connectivity index (χ3n) is 13.8. The maximum absolute atomic E-state index is 14.6. The van der Waals surface area contributed by atoms with Crippen LogP contribution in [0.3, 0.4) is 0 Å². The van der Waals surface area contributed by atoms with Gasteiger partial charge in [0.05, 0.1) is 22.2 Å². The van der Waals surface area contributed by atoms with Gasteiger partial charge in [-0.3, -0.25) is 9.59 Å². The van der Waals surface area contributed by atoms with Gasteiger partial charge in [0.15, 0.2) is 0 Å². The average Bonchev–Trinajstić information content (AvgIpc) is 3.54. The lowest BCUT2D eigenvalue weighted by atomic mass is 9.56. The molecule has 0 saturated heterocycles. The molecule has 292 valence electrons. The van der Waals surface area contributed by atoms with Gasteiger partial charge in [0, 0.05) is 22.5 Å². The van der Waals surface area contributed by atoms with Gasteiger partial charge >= 0.3 is 0 Å². The van der Waals surface area contributed by atoms with Crippen molar-refractivity contribution in [2.45, 2.75) is 38.1 Å². The maximum atomic E-state index is 14.6. The summed E-state index contributed by atoms with van der Waals surface area (Å²) in [5.41, 5.74) is 15.7. The summed E-state index contributed by atoms with van der Waals surface area (Å²) in [4.78, 5) is 32.6. The van der Waals surface area contributed by atoms with Crippen LogP contribution < -0.4 is 14.5 Å². The Balaban J connectivity index is 1.23. The SMILES string of the molecule is Cc1ccc2c(c1)N(C1(c3ccc4c(c3)C(=O)N(c3ccccc3)C4=O)c3ccccc3Oc3ccccc31)c1ccccc1C21c2cccc(C)c2Cc2c(C)cccc21. The second-order valence-corrected chi connectivity index (χ2v) is 16.8. The van der Waals surface area contributed by atoms with Crippen LogP contribution in [0.2, 0.25) is 0 Å². The molecule has 12 rings (SSSR count). The first-order valence-corrected chi connectivity index (χ1v) is 21.0. The summed E-state index contributed by atoms with van der Waals surface area (Å²) in [5, 5.41) is 0. The smallest absolute Gasteiger partial charge is 0.266 e. The lowest BCUT2D eigenvalue weighted by molar-refractivity contribution is 0.0926. The van der Waals surface area contributed by atoms with Gasteiger partial charge < -0.3 is 9.64 Å². The van der Waals surface area contributed by atoms with Crippen molar-refractivity contribution in [3.63, 3.8) is 0 Å². The number of benzene rings is 8. The van der Waals surface area contributed by atoms with Crippen LogP contribution in [0.1, 0.15) is 87.5 Å². The fraction of sp³-hybridized carbons (Fsp3) is 0.107. The van der Waals surface area contributed by atoms with E-state index in [-0.39, 0.29) is 11.8 Å². The molecule has 0 fully saturated rings. The van der Waals surface area contributed by atoms with Gasteiger partial charge in [-0.25, -0.2) is 4.90 Å². The minimum atomic E-state index is -1.09. The number of para-hydroxylation sites is 4. The molecule has 1 aliphatic carbocycles. The average molecular weight is 789 g/mol. The Morgan fingerprint density at radius 1 is 0.475 bits per heavy atom. The van der Waals surface area contributed by atoms with Crippen LogP contribution in [-0.2, 0) is 17.4 Å². The summed E-state index contributed by atoms with van der Waals surface area (Å²) >= 11 is 0. The highest BCUT2D eigenvalue weighted by molar-refractivity contribution is 6.34. The Morgan fingerprint density at radius 2 is 1.03 bits per heavy atom. The molecule has 5 heteroatoms. The number of aryl methyl sites for hydroxylation is 3. The number of rotatable bonds is 3. The maximum Gasteiger partial charge on any atom is 0.266 e. The zero-order valence-corrected chi connectivity index (χ0v) is 34.1. The van der Waals surface area contributed by atoms with Crippen LogP contribution in [0.4, 0.5) is 17.1 Å². The predicted octanol–water partition coefficient (Wildman–Crippen LogP) is 12.2. The summed E-state index contributed by atoms with van der Waals surface area (Å²) < 4.78 is 6.82. The lowest BCUT2D eigenvalue weighted by Gasteiger charge is -2.56. The number of amides is 2. The Hall–Kier alpha value is -7.50. The van der Waals surface area contributed by atoms with Gasteiger partial charge in [-0.1, -0.05) is 127 Å². The van der Waals surface area contributed by atoms with Gasteiger partial charge in [0.2, 0.25) is 0 Å². The molecule has 0 aromatic heterocycles. The quantitative estimate of drug-likeness (QED) is 0.167. The number of imide groups is 1. The minimum Gasteiger partial charge on any atom is -0.457 e. The van der Waals surface area contributed by atoms with E-state index in [0.29, 0.717) is 16.8 Å². The molecule has 0 atom stereocenters. The van der Waals surface area contributed by atoms with Crippen molar-refractivity contribution in [2.24, 2.45) is 0 Å². The molecule has 8 aromatic rings. The molecular formula is C56H40N2O3. The number of anilines is 3. The van der Waals surface area contributed by atoms with Crippen molar-refractivity contribution in [2.75, 3.05) is 9.80 Å². The molecule has 4 aliphatic rings. The van der Waals surface area contributed by atoms with E-state index in [1.54, 1.807) is 12.1 Å². The summed E-state index contributed by atoms with van der Waals surface area (Å²) in [6.45, 7) is 6.66. The molecule has 5 nitrogen and oxygen atoms in total. The highest BCUT2D eigenvalue weighted by Gasteiger charge is 2.57. The topological polar surface area (TPSA) is 49.9 Å². The first kappa shape index (κ1) is 35.4. The normalized spacial score (nSPS) is 15.8. The van der Waals surface area contributed by atoms with Crippen LogP contribution >= 0.6 is 0 Å². The Bertz CT molecular complexity index is 3100. The van der Waals surface area contributed by atoms with E-state index in [2.05, 4.69) is 135 Å². The van der Waals surface area contributed by atoms with E-state index >= 15 is 0 Å². The third-order valence-corrected chi connectivity index (χ3v) is 13.8. The molecule has 3 aliphatic heterocycles. The van der Waals surface area contributed by atoms with E-state index < -0.39 is 11.0 Å². The fourth-order valence-corrected chi connectivity index (χ4v) is 11.2. The van der Waals surface area contributed by atoms with Gasteiger partial charge in [-0.15, -0.1) is 0 Å². The van der Waals surface area contributed by atoms with Crippen LogP contribution in [-0.4, -0.2) is 11.8 Å². The first-order chi connectivity index (χ1) is 29.8. The van der Waals surface area contributed by atoms with Gasteiger partial charge in [0.25, 0.3) is 11.8 Å². The molecule has 2 amide bonds. The number of hydrogen-bond donors (Lipinski definition) is 0. The van der Waals surface area contributed by atoms with Crippen molar-refractivity contribution in [3.8, 4) is 11.5 Å². The van der Waals surface area contributed by atoms with Gasteiger partial charge in [0.1, 0.15) is 17.0 Å². The molecule has 0 bridgehead atoms. The van der Waals surface area contributed by atoms with E-state index in [9.17, 15) is 9.59 Å². The van der Waals surface area contributed by atoms with E-state index in [1.165, 1.54) is 49.4 Å². The van der Waals surface area contributed by atoms with Gasteiger partial charge in [-0.2, -0.15) is 0 Å². The lowest BCUT2D eigenvalue weighted by Crippen LogP contribution is -2.52. The number of carbonyl (C=O) groups is 2. The third kappa shape index (κ3) is 4.55. The molecule has 3 heterocycles. The largest absolute Gasteiger partial charge is 0.457 e. The molecule has 0 N–H and O–H groups in total. The summed E-state index contributed by atoms with van der Waals surface area (Å²) in [6.07, 6.45) is 0.864. The van der Waals surface area contributed by atoms with Crippen molar-refractivity contribution in [3.05, 3.63) is 254 Å². The summed E-state index contributed by atoms with van der Waals surface area (Å²) in [5.74, 6) is 0.779. The highest BCUT2D eigenvalue weighted by atomic mass is 16.5.